The van der Waals surface area contributed by atoms with Crippen molar-refractivity contribution in [3.8, 4) is 0 Å². The number of carbonyl (C=O) groups is 1. The van der Waals surface area contributed by atoms with Crippen LogP contribution in [0, 0.1) is 0 Å². The molecule has 0 heterocycles. The van der Waals surface area contributed by atoms with Gasteiger partial charge >= 0.3 is 0 Å². The molecule has 2 N–H and O–H groups in total. The minimum absolute atomic E-state index is 0.0700. The van der Waals surface area contributed by atoms with Crippen molar-refractivity contribution in [2.45, 2.75) is 12.5 Å². The molecule has 3 nitrogen and oxygen atoms in total. The van der Waals surface area contributed by atoms with E-state index in [1.165, 1.54) is 18.2 Å². The Bertz CT molecular complexity index is 415. The first-order valence-corrected chi connectivity index (χ1v) is 5.37. The van der Waals surface area contributed by atoms with Crippen LogP contribution in [-0.2, 0) is 0 Å². The molecule has 0 aromatic heterocycles. The Labute approximate surface area is 106 Å². The first kappa shape index (κ1) is 14.2. The average Bonchev–Trinajstić information content (AvgIpc) is 2.28. The minimum atomic E-state index is -2.91. The Morgan fingerprint density at radius 3 is 2.65 bits per heavy atom. The van der Waals surface area contributed by atoms with Gasteiger partial charge in [0.15, 0.2) is 0 Å². The van der Waals surface area contributed by atoms with Gasteiger partial charge in [-0.2, -0.15) is 0 Å². The van der Waals surface area contributed by atoms with Gasteiger partial charge in [0.2, 0.25) is 0 Å². The number of hydrogen-bond donors (Lipinski definition) is 2. The first-order chi connectivity index (χ1) is 7.91. The molecular formula is C10H9Cl2F2NO2. The fraction of sp³-hybridized carbons (Fsp3) is 0.300. The van der Waals surface area contributed by atoms with Crippen molar-refractivity contribution in [3.05, 3.63) is 33.8 Å². The average molecular weight is 284 g/mol. The van der Waals surface area contributed by atoms with Crippen LogP contribution in [0.1, 0.15) is 10.4 Å². The van der Waals surface area contributed by atoms with Crippen molar-refractivity contribution in [2.24, 2.45) is 0 Å². The van der Waals surface area contributed by atoms with Crippen molar-refractivity contribution in [3.63, 3.8) is 0 Å². The van der Waals surface area contributed by atoms with Crippen molar-refractivity contribution < 1.29 is 18.7 Å². The van der Waals surface area contributed by atoms with Gasteiger partial charge in [-0.1, -0.05) is 23.2 Å². The largest absolute Gasteiger partial charge is 0.385 e. The minimum Gasteiger partial charge on any atom is -0.385 e. The summed E-state index contributed by atoms with van der Waals surface area (Å²) in [5.74, 6) is -0.669. The SMILES string of the molecule is O=C(NCC(O)C(F)F)c1cc(Cl)ccc1Cl. The Morgan fingerprint density at radius 1 is 1.41 bits per heavy atom. The summed E-state index contributed by atoms with van der Waals surface area (Å²) in [7, 11) is 0. The molecule has 0 saturated heterocycles. The summed E-state index contributed by atoms with van der Waals surface area (Å²) in [5, 5.41) is 11.4. The third-order valence-corrected chi connectivity index (χ3v) is 2.50. The van der Waals surface area contributed by atoms with Crippen LogP contribution in [0.25, 0.3) is 0 Å². The molecule has 0 spiro atoms. The molecule has 1 unspecified atom stereocenters. The van der Waals surface area contributed by atoms with E-state index in [0.29, 0.717) is 5.02 Å². The van der Waals surface area contributed by atoms with Crippen LogP contribution in [0.2, 0.25) is 10.0 Å². The number of carbonyl (C=O) groups excluding carboxylic acids is 1. The predicted octanol–water partition coefficient (Wildman–Crippen LogP) is 2.35. The molecule has 17 heavy (non-hydrogen) atoms. The van der Waals surface area contributed by atoms with E-state index in [2.05, 4.69) is 5.32 Å². The van der Waals surface area contributed by atoms with E-state index < -0.39 is 25.0 Å². The van der Waals surface area contributed by atoms with E-state index >= 15 is 0 Å². The Morgan fingerprint density at radius 2 is 2.06 bits per heavy atom. The standard InChI is InChI=1S/C10H9Cl2F2NO2/c11-5-1-2-7(12)6(3-5)10(17)15-4-8(16)9(13)14/h1-3,8-9,16H,4H2,(H,15,17). The lowest BCUT2D eigenvalue weighted by Crippen LogP contribution is -2.35. The lowest BCUT2D eigenvalue weighted by molar-refractivity contribution is -0.00270. The van der Waals surface area contributed by atoms with Gasteiger partial charge in [-0.15, -0.1) is 0 Å². The number of alkyl halides is 2. The smallest absolute Gasteiger partial charge is 0.265 e. The Hall–Kier alpha value is -0.910. The number of amides is 1. The normalized spacial score (nSPS) is 12.6. The summed E-state index contributed by atoms with van der Waals surface area (Å²) in [6.07, 6.45) is -4.82. The fourth-order valence-corrected chi connectivity index (χ4v) is 1.43. The molecule has 1 amide bonds. The molecule has 1 atom stereocenters. The van der Waals surface area contributed by atoms with Crippen LogP contribution in [0.5, 0.6) is 0 Å². The monoisotopic (exact) mass is 283 g/mol. The Kier molecular flexibility index (Phi) is 5.11. The first-order valence-electron chi connectivity index (χ1n) is 4.61. The second-order valence-electron chi connectivity index (χ2n) is 3.24. The molecular weight excluding hydrogens is 275 g/mol. The number of halogens is 4. The maximum absolute atomic E-state index is 12.0. The summed E-state index contributed by atoms with van der Waals surface area (Å²) in [4.78, 5) is 11.5. The maximum Gasteiger partial charge on any atom is 0.265 e. The Balaban J connectivity index is 2.67. The molecule has 1 rings (SSSR count). The molecule has 0 saturated carbocycles. The second-order valence-corrected chi connectivity index (χ2v) is 4.08. The van der Waals surface area contributed by atoms with Crippen LogP contribution in [0.3, 0.4) is 0 Å². The van der Waals surface area contributed by atoms with Gasteiger partial charge in [0, 0.05) is 11.6 Å². The summed E-state index contributed by atoms with van der Waals surface area (Å²) in [5.41, 5.74) is 0.0700. The second kappa shape index (κ2) is 6.14. The highest BCUT2D eigenvalue weighted by atomic mass is 35.5. The highest BCUT2D eigenvalue weighted by Crippen LogP contribution is 2.20. The molecule has 0 radical (unpaired) electrons. The molecule has 0 aliphatic heterocycles. The molecule has 0 aliphatic carbocycles. The summed E-state index contributed by atoms with van der Waals surface area (Å²) < 4.78 is 24.0. The molecule has 94 valence electrons. The van der Waals surface area contributed by atoms with Gasteiger partial charge in [-0.3, -0.25) is 4.79 Å². The predicted molar refractivity (Wildman–Crippen MR) is 60.8 cm³/mol. The van der Waals surface area contributed by atoms with Crippen molar-refractivity contribution in [2.75, 3.05) is 6.54 Å². The highest BCUT2D eigenvalue weighted by Gasteiger charge is 2.18. The zero-order valence-electron chi connectivity index (χ0n) is 8.46. The van der Waals surface area contributed by atoms with Gasteiger partial charge in [0.1, 0.15) is 6.10 Å². The van der Waals surface area contributed by atoms with Gasteiger partial charge in [-0.25, -0.2) is 8.78 Å². The van der Waals surface area contributed by atoms with E-state index in [1.807, 2.05) is 0 Å². The number of aliphatic hydroxyl groups is 1. The van der Waals surface area contributed by atoms with Gasteiger partial charge < -0.3 is 10.4 Å². The van der Waals surface area contributed by atoms with E-state index in [9.17, 15) is 13.6 Å². The lowest BCUT2D eigenvalue weighted by Gasteiger charge is -2.11. The van der Waals surface area contributed by atoms with Crippen molar-refractivity contribution >= 4 is 29.1 Å². The van der Waals surface area contributed by atoms with Crippen LogP contribution < -0.4 is 5.32 Å². The number of hydrogen-bond acceptors (Lipinski definition) is 2. The van der Waals surface area contributed by atoms with E-state index in [-0.39, 0.29) is 10.6 Å². The van der Waals surface area contributed by atoms with Gasteiger partial charge in [-0.05, 0) is 18.2 Å². The molecule has 1 aromatic carbocycles. The summed E-state index contributed by atoms with van der Waals surface area (Å²) >= 11 is 11.4. The third kappa shape index (κ3) is 4.11. The zero-order chi connectivity index (χ0) is 13.0. The number of nitrogens with one attached hydrogen (secondary N) is 1. The number of benzene rings is 1. The topological polar surface area (TPSA) is 49.3 Å². The molecule has 0 fully saturated rings. The number of aliphatic hydroxyl groups excluding tert-OH is 1. The van der Waals surface area contributed by atoms with Crippen molar-refractivity contribution in [1.82, 2.24) is 5.32 Å². The van der Waals surface area contributed by atoms with Crippen LogP contribution in [-0.4, -0.2) is 30.1 Å². The quantitative estimate of drug-likeness (QED) is 0.891. The maximum atomic E-state index is 12.0. The van der Waals surface area contributed by atoms with E-state index in [0.717, 1.165) is 0 Å². The fourth-order valence-electron chi connectivity index (χ4n) is 1.05. The molecule has 1 aromatic rings. The van der Waals surface area contributed by atoms with Gasteiger partial charge in [0.25, 0.3) is 12.3 Å². The van der Waals surface area contributed by atoms with E-state index in [4.69, 9.17) is 28.3 Å². The number of rotatable bonds is 4. The summed E-state index contributed by atoms with van der Waals surface area (Å²) in [6, 6.07) is 4.23. The van der Waals surface area contributed by atoms with Crippen LogP contribution in [0.15, 0.2) is 18.2 Å². The molecule has 0 aliphatic rings. The lowest BCUT2D eigenvalue weighted by atomic mass is 10.2. The van der Waals surface area contributed by atoms with Crippen LogP contribution in [0.4, 0.5) is 8.78 Å². The summed E-state index contributed by atoms with van der Waals surface area (Å²) in [6.45, 7) is -0.556. The van der Waals surface area contributed by atoms with Crippen LogP contribution >= 0.6 is 23.2 Å². The van der Waals surface area contributed by atoms with E-state index in [1.54, 1.807) is 0 Å². The molecule has 0 bridgehead atoms. The zero-order valence-corrected chi connectivity index (χ0v) is 9.97. The van der Waals surface area contributed by atoms with Crippen molar-refractivity contribution in [1.29, 1.82) is 0 Å². The third-order valence-electron chi connectivity index (χ3n) is 1.94. The van der Waals surface area contributed by atoms with Gasteiger partial charge in [0.05, 0.1) is 10.6 Å². The highest BCUT2D eigenvalue weighted by molar-refractivity contribution is 6.35. The molecule has 7 heteroatoms.